The summed E-state index contributed by atoms with van der Waals surface area (Å²) >= 11 is 1.58. The van der Waals surface area contributed by atoms with Crippen molar-refractivity contribution in [1.82, 2.24) is 19.4 Å². The molecule has 3 aromatic heterocycles. The average Bonchev–Trinajstić information content (AvgIpc) is 3.33. The Morgan fingerprint density at radius 1 is 0.556 bits per heavy atom. The number of rotatable bonds is 3. The minimum Gasteiger partial charge on any atom is -0.268 e. The van der Waals surface area contributed by atoms with E-state index in [1.807, 2.05) is 109 Å². The maximum Gasteiger partial charge on any atom is 0.264 e. The lowest BCUT2D eigenvalue weighted by molar-refractivity contribution is 1.07. The van der Waals surface area contributed by atoms with Gasteiger partial charge in [-0.15, -0.1) is 11.3 Å². The molecule has 0 N–H and O–H groups in total. The molecule has 5 nitrogen and oxygen atoms in total. The SMILES string of the molecule is O=c1c2ccccc2c(-c2nc(-c3ccccc3)nc(-c3ccccc3)n2)c2sc3ccccc3n12. The summed E-state index contributed by atoms with van der Waals surface area (Å²) in [5.74, 6) is 1.73. The van der Waals surface area contributed by atoms with Gasteiger partial charge in [0.25, 0.3) is 5.56 Å². The third-order valence-electron chi connectivity index (χ3n) is 6.28. The van der Waals surface area contributed by atoms with E-state index in [0.29, 0.717) is 22.9 Å². The Kier molecular flexibility index (Phi) is 4.72. The number of fused-ring (bicyclic) bond motifs is 4. The van der Waals surface area contributed by atoms with E-state index >= 15 is 0 Å². The topological polar surface area (TPSA) is 60.2 Å². The zero-order valence-corrected chi connectivity index (χ0v) is 19.8. The van der Waals surface area contributed by atoms with Crippen LogP contribution in [0.3, 0.4) is 0 Å². The molecule has 3 heterocycles. The van der Waals surface area contributed by atoms with E-state index in [4.69, 9.17) is 15.0 Å². The van der Waals surface area contributed by atoms with Gasteiger partial charge >= 0.3 is 0 Å². The molecule has 0 amide bonds. The molecule has 7 rings (SSSR count). The zero-order valence-electron chi connectivity index (χ0n) is 19.0. The number of hydrogen-bond donors (Lipinski definition) is 0. The lowest BCUT2D eigenvalue weighted by Gasteiger charge is -2.11. The Morgan fingerprint density at radius 3 is 1.75 bits per heavy atom. The summed E-state index contributed by atoms with van der Waals surface area (Å²) in [6, 6.07) is 35.5. The highest BCUT2D eigenvalue weighted by Gasteiger charge is 2.21. The maximum absolute atomic E-state index is 13.6. The van der Waals surface area contributed by atoms with Crippen LogP contribution < -0.4 is 5.56 Å². The minimum atomic E-state index is -0.0394. The number of nitrogens with zero attached hydrogens (tertiary/aromatic N) is 4. The van der Waals surface area contributed by atoms with E-state index in [2.05, 4.69) is 0 Å². The number of thiazole rings is 1. The number of aromatic nitrogens is 4. The van der Waals surface area contributed by atoms with E-state index in [1.54, 1.807) is 15.7 Å². The predicted molar refractivity (Wildman–Crippen MR) is 146 cm³/mol. The highest BCUT2D eigenvalue weighted by molar-refractivity contribution is 7.24. The number of pyridine rings is 1. The largest absolute Gasteiger partial charge is 0.268 e. The molecule has 0 aliphatic carbocycles. The summed E-state index contributed by atoms with van der Waals surface area (Å²) in [5, 5.41) is 1.47. The van der Waals surface area contributed by atoms with E-state index < -0.39 is 0 Å². The summed E-state index contributed by atoms with van der Waals surface area (Å²) in [6.45, 7) is 0. The van der Waals surface area contributed by atoms with Gasteiger partial charge in [0.2, 0.25) is 0 Å². The van der Waals surface area contributed by atoms with Crippen molar-refractivity contribution in [2.45, 2.75) is 0 Å². The van der Waals surface area contributed by atoms with Gasteiger partial charge in [0.15, 0.2) is 17.5 Å². The van der Waals surface area contributed by atoms with Crippen LogP contribution in [0.4, 0.5) is 0 Å². The van der Waals surface area contributed by atoms with E-state index in [1.165, 1.54) is 0 Å². The number of benzene rings is 4. The van der Waals surface area contributed by atoms with Crippen LogP contribution in [-0.2, 0) is 0 Å². The van der Waals surface area contributed by atoms with Gasteiger partial charge in [0.05, 0.1) is 15.8 Å². The van der Waals surface area contributed by atoms with Crippen LogP contribution in [0.25, 0.3) is 60.0 Å². The van der Waals surface area contributed by atoms with Crippen LogP contribution >= 0.6 is 11.3 Å². The monoisotopic (exact) mass is 482 g/mol. The molecule has 4 aromatic carbocycles. The average molecular weight is 483 g/mol. The van der Waals surface area contributed by atoms with Crippen LogP contribution in [-0.4, -0.2) is 19.4 Å². The van der Waals surface area contributed by atoms with Crippen LogP contribution in [0, 0.1) is 0 Å². The quantitative estimate of drug-likeness (QED) is 0.276. The van der Waals surface area contributed by atoms with Gasteiger partial charge in [-0.1, -0.05) is 91.0 Å². The van der Waals surface area contributed by atoms with Crippen LogP contribution in [0.2, 0.25) is 0 Å². The molecule has 0 bridgehead atoms. The van der Waals surface area contributed by atoms with Gasteiger partial charge in [-0.2, -0.15) is 0 Å². The molecule has 0 fully saturated rings. The van der Waals surface area contributed by atoms with Crippen molar-refractivity contribution in [1.29, 1.82) is 0 Å². The van der Waals surface area contributed by atoms with Crippen LogP contribution in [0.5, 0.6) is 0 Å². The van der Waals surface area contributed by atoms with Crippen LogP contribution in [0.1, 0.15) is 0 Å². The van der Waals surface area contributed by atoms with Crippen molar-refractivity contribution in [2.24, 2.45) is 0 Å². The van der Waals surface area contributed by atoms with Gasteiger partial charge < -0.3 is 0 Å². The van der Waals surface area contributed by atoms with Crippen molar-refractivity contribution in [3.63, 3.8) is 0 Å². The Balaban J connectivity index is 1.64. The Morgan fingerprint density at radius 2 is 1.08 bits per heavy atom. The van der Waals surface area contributed by atoms with Crippen molar-refractivity contribution >= 4 is 37.2 Å². The second kappa shape index (κ2) is 8.22. The van der Waals surface area contributed by atoms with Gasteiger partial charge in [-0.25, -0.2) is 15.0 Å². The minimum absolute atomic E-state index is 0.0394. The lowest BCUT2D eigenvalue weighted by Crippen LogP contribution is -2.14. The first-order chi connectivity index (χ1) is 17.8. The standard InChI is InChI=1S/C30H18N4OS/c35-29-22-16-8-7-15-21(22)25(30-34(29)23-17-9-10-18-24(23)36-30)28-32-26(19-11-3-1-4-12-19)31-27(33-28)20-13-5-2-6-14-20/h1-18H. The molecular weight excluding hydrogens is 464 g/mol. The summed E-state index contributed by atoms with van der Waals surface area (Å²) in [5.41, 5.74) is 3.49. The number of para-hydroxylation sites is 1. The zero-order chi connectivity index (χ0) is 24.1. The molecule has 0 saturated carbocycles. The lowest BCUT2D eigenvalue weighted by atomic mass is 10.1. The van der Waals surface area contributed by atoms with E-state index in [9.17, 15) is 4.79 Å². The summed E-state index contributed by atoms with van der Waals surface area (Å²) in [7, 11) is 0. The van der Waals surface area contributed by atoms with E-state index in [-0.39, 0.29) is 5.56 Å². The molecule has 0 atom stereocenters. The summed E-state index contributed by atoms with van der Waals surface area (Å²) < 4.78 is 2.83. The molecule has 0 spiro atoms. The van der Waals surface area contributed by atoms with Gasteiger partial charge in [-0.05, 0) is 18.2 Å². The summed E-state index contributed by atoms with van der Waals surface area (Å²) in [6.07, 6.45) is 0. The second-order valence-electron chi connectivity index (χ2n) is 8.47. The molecule has 0 aliphatic heterocycles. The van der Waals surface area contributed by atoms with Gasteiger partial charge in [-0.3, -0.25) is 9.20 Å². The van der Waals surface area contributed by atoms with Crippen LogP contribution in [0.15, 0.2) is 114 Å². The third-order valence-corrected chi connectivity index (χ3v) is 7.43. The molecule has 36 heavy (non-hydrogen) atoms. The highest BCUT2D eigenvalue weighted by atomic mass is 32.1. The fourth-order valence-electron chi connectivity index (χ4n) is 4.61. The highest BCUT2D eigenvalue weighted by Crippen LogP contribution is 2.37. The molecule has 7 aromatic rings. The maximum atomic E-state index is 13.6. The Bertz CT molecular complexity index is 1900. The first-order valence-corrected chi connectivity index (χ1v) is 12.4. The molecule has 0 aliphatic rings. The predicted octanol–water partition coefficient (Wildman–Crippen LogP) is 6.85. The third kappa shape index (κ3) is 3.23. The first kappa shape index (κ1) is 20.7. The Hall–Kier alpha value is -4.68. The summed E-state index contributed by atoms with van der Waals surface area (Å²) in [4.78, 5) is 29.2. The van der Waals surface area contributed by atoms with E-state index in [0.717, 1.165) is 37.1 Å². The van der Waals surface area contributed by atoms with Gasteiger partial charge in [0, 0.05) is 21.9 Å². The van der Waals surface area contributed by atoms with Crippen molar-refractivity contribution in [3.8, 4) is 34.2 Å². The molecular formula is C30H18N4OS. The molecule has 6 heteroatoms. The van der Waals surface area contributed by atoms with Crippen molar-refractivity contribution < 1.29 is 0 Å². The smallest absolute Gasteiger partial charge is 0.264 e. The molecule has 0 unspecified atom stereocenters. The fraction of sp³-hybridized carbons (Fsp3) is 0. The normalized spacial score (nSPS) is 11.4. The molecule has 0 radical (unpaired) electrons. The second-order valence-corrected chi connectivity index (χ2v) is 9.51. The number of hydrogen-bond acceptors (Lipinski definition) is 5. The fourth-order valence-corrected chi connectivity index (χ4v) is 5.81. The first-order valence-electron chi connectivity index (χ1n) is 11.6. The molecule has 0 saturated heterocycles. The van der Waals surface area contributed by atoms with Crippen molar-refractivity contribution in [3.05, 3.63) is 120 Å². The van der Waals surface area contributed by atoms with Crippen molar-refractivity contribution in [2.75, 3.05) is 0 Å². The van der Waals surface area contributed by atoms with Gasteiger partial charge in [0.1, 0.15) is 4.83 Å². The Labute approximate surface area is 210 Å². The molecule has 170 valence electrons.